The van der Waals surface area contributed by atoms with Crippen molar-refractivity contribution in [3.63, 3.8) is 0 Å². The first-order valence-electron chi connectivity index (χ1n) is 3.17. The predicted molar refractivity (Wildman–Crippen MR) is 39.0 cm³/mol. The molecule has 4 heteroatoms. The number of aliphatic hydroxyl groups excluding tert-OH is 1. The molecule has 1 radical (unpaired) electrons. The Hall–Kier alpha value is -0.831. The van der Waals surface area contributed by atoms with E-state index in [9.17, 15) is 4.79 Å². The Bertz CT molecular complexity index is 248. The topological polar surface area (TPSA) is 57.5 Å². The van der Waals surface area contributed by atoms with Crippen molar-refractivity contribution < 1.29 is 32.1 Å². The molecule has 0 saturated heterocycles. The molecule has 1 rings (SSSR count). The molecule has 0 unspecified atom stereocenters. The molecule has 0 aliphatic rings. The number of carboxylic acid groups (broad SMARTS) is 1. The monoisotopic (exact) mass is 215 g/mol. The number of hydrogen-bond donors (Lipinski definition) is 2. The number of aliphatic carboxylic acids is 1. The van der Waals surface area contributed by atoms with Crippen LogP contribution in [0.25, 0.3) is 0 Å². The summed E-state index contributed by atoms with van der Waals surface area (Å²) in [5, 5.41) is 17.4. The summed E-state index contributed by atoms with van der Waals surface area (Å²) in [5.41, 5.74) is 0.403. The first kappa shape index (κ1) is 11.2. The van der Waals surface area contributed by atoms with E-state index in [-0.39, 0.29) is 17.1 Å². The fraction of sp³-hybridized carbons (Fsp3) is 0.125. The maximum absolute atomic E-state index is 10.2. The summed E-state index contributed by atoms with van der Waals surface area (Å²) in [6, 6.07) is 8.26. The largest absolute Gasteiger partial charge is 0.479 e. The molecule has 1 aromatic carbocycles. The summed E-state index contributed by atoms with van der Waals surface area (Å²) in [6.45, 7) is 0. The summed E-state index contributed by atoms with van der Waals surface area (Å²) in [7, 11) is 0. The van der Waals surface area contributed by atoms with Gasteiger partial charge in [0.05, 0.1) is 0 Å². The van der Waals surface area contributed by atoms with Crippen LogP contribution in [0.4, 0.5) is 0 Å². The first-order chi connectivity index (χ1) is 5.22. The van der Waals surface area contributed by atoms with Gasteiger partial charge < -0.3 is 10.2 Å². The molecular formula is C8H8CuO3. The third-order valence-corrected chi connectivity index (χ3v) is 1.35. The zero-order valence-electron chi connectivity index (χ0n) is 6.07. The number of rotatable bonds is 2. The molecule has 0 aromatic heterocycles. The van der Waals surface area contributed by atoms with Crippen LogP contribution in [0, 0.1) is 0 Å². The number of aliphatic hydroxyl groups is 1. The van der Waals surface area contributed by atoms with E-state index >= 15 is 0 Å². The van der Waals surface area contributed by atoms with E-state index in [0.29, 0.717) is 5.56 Å². The van der Waals surface area contributed by atoms with Gasteiger partial charge in [0, 0.05) is 17.1 Å². The van der Waals surface area contributed by atoms with Crippen LogP contribution in [-0.4, -0.2) is 16.2 Å². The smallest absolute Gasteiger partial charge is 0.337 e. The summed E-state index contributed by atoms with van der Waals surface area (Å²) in [6.07, 6.45) is -1.41. The number of benzene rings is 1. The van der Waals surface area contributed by atoms with Gasteiger partial charge in [0.15, 0.2) is 6.10 Å². The van der Waals surface area contributed by atoms with E-state index in [4.69, 9.17) is 10.2 Å². The number of hydrogen-bond acceptors (Lipinski definition) is 2. The van der Waals surface area contributed by atoms with E-state index in [0.717, 1.165) is 0 Å². The number of carbonyl (C=O) groups is 1. The van der Waals surface area contributed by atoms with E-state index in [1.54, 1.807) is 30.3 Å². The molecule has 0 bridgehead atoms. The predicted octanol–water partition coefficient (Wildman–Crippen LogP) is 0.802. The minimum Gasteiger partial charge on any atom is -0.479 e. The van der Waals surface area contributed by atoms with Gasteiger partial charge in [0.1, 0.15) is 0 Å². The van der Waals surface area contributed by atoms with Crippen molar-refractivity contribution in [1.82, 2.24) is 0 Å². The van der Waals surface area contributed by atoms with Crippen LogP contribution in [0.5, 0.6) is 0 Å². The zero-order chi connectivity index (χ0) is 8.27. The second kappa shape index (κ2) is 4.93. The molecular weight excluding hydrogens is 208 g/mol. The van der Waals surface area contributed by atoms with Crippen molar-refractivity contribution in [2.45, 2.75) is 6.10 Å². The van der Waals surface area contributed by atoms with E-state index in [1.165, 1.54) is 0 Å². The van der Waals surface area contributed by atoms with E-state index in [1.807, 2.05) is 0 Å². The average molecular weight is 216 g/mol. The second-order valence-corrected chi connectivity index (χ2v) is 2.15. The van der Waals surface area contributed by atoms with Crippen LogP contribution in [0.1, 0.15) is 11.7 Å². The maximum Gasteiger partial charge on any atom is 0.337 e. The molecule has 1 atom stereocenters. The van der Waals surface area contributed by atoms with Crippen molar-refractivity contribution in [3.05, 3.63) is 35.9 Å². The van der Waals surface area contributed by atoms with Gasteiger partial charge in [-0.05, 0) is 5.56 Å². The maximum atomic E-state index is 10.2. The molecule has 0 fully saturated rings. The Morgan fingerprint density at radius 3 is 2.17 bits per heavy atom. The standard InChI is InChI=1S/C8H8O3.Cu/c9-7(8(10)11)6-4-2-1-3-5-6;/h1-5,7,9H,(H,10,11);/t7-;/m1./s1. The fourth-order valence-electron chi connectivity index (χ4n) is 0.778. The first-order valence-corrected chi connectivity index (χ1v) is 3.17. The van der Waals surface area contributed by atoms with Gasteiger partial charge in [-0.3, -0.25) is 0 Å². The molecule has 12 heavy (non-hydrogen) atoms. The molecule has 3 nitrogen and oxygen atoms in total. The van der Waals surface area contributed by atoms with Gasteiger partial charge in [0.2, 0.25) is 0 Å². The zero-order valence-corrected chi connectivity index (χ0v) is 7.01. The van der Waals surface area contributed by atoms with Crippen LogP contribution < -0.4 is 0 Å². The summed E-state index contributed by atoms with van der Waals surface area (Å²) in [4.78, 5) is 10.2. The minimum atomic E-state index is -1.41. The molecule has 0 spiro atoms. The van der Waals surface area contributed by atoms with Gasteiger partial charge >= 0.3 is 5.97 Å². The molecule has 69 valence electrons. The summed E-state index contributed by atoms with van der Waals surface area (Å²) < 4.78 is 0. The average Bonchev–Trinajstić information content (AvgIpc) is 2.05. The molecule has 1 aromatic rings. The Balaban J connectivity index is 0.00000121. The van der Waals surface area contributed by atoms with Crippen molar-refractivity contribution in [1.29, 1.82) is 0 Å². The second-order valence-electron chi connectivity index (χ2n) is 2.15. The molecule has 0 saturated carbocycles. The van der Waals surface area contributed by atoms with Crippen LogP contribution in [0.2, 0.25) is 0 Å². The van der Waals surface area contributed by atoms with Crippen LogP contribution in [0.3, 0.4) is 0 Å². The van der Waals surface area contributed by atoms with Crippen LogP contribution in [-0.2, 0) is 21.9 Å². The SMILES string of the molecule is O=C(O)[C@H](O)c1ccccc1.[Cu]. The Morgan fingerprint density at radius 2 is 1.75 bits per heavy atom. The van der Waals surface area contributed by atoms with Gasteiger partial charge in [-0.15, -0.1) is 0 Å². The minimum absolute atomic E-state index is 0. The van der Waals surface area contributed by atoms with Gasteiger partial charge in [-0.1, -0.05) is 30.3 Å². The molecule has 0 aliphatic heterocycles. The molecule has 0 amide bonds. The van der Waals surface area contributed by atoms with Crippen molar-refractivity contribution in [3.8, 4) is 0 Å². The van der Waals surface area contributed by atoms with Gasteiger partial charge in [-0.2, -0.15) is 0 Å². The van der Waals surface area contributed by atoms with E-state index in [2.05, 4.69) is 0 Å². The van der Waals surface area contributed by atoms with Crippen LogP contribution >= 0.6 is 0 Å². The summed E-state index contributed by atoms with van der Waals surface area (Å²) >= 11 is 0. The van der Waals surface area contributed by atoms with Crippen molar-refractivity contribution in [2.24, 2.45) is 0 Å². The van der Waals surface area contributed by atoms with Crippen molar-refractivity contribution >= 4 is 5.97 Å². The Labute approximate surface area is 80.5 Å². The van der Waals surface area contributed by atoms with Crippen molar-refractivity contribution in [2.75, 3.05) is 0 Å². The third kappa shape index (κ3) is 2.66. The van der Waals surface area contributed by atoms with E-state index < -0.39 is 12.1 Å². The molecule has 0 aliphatic carbocycles. The van der Waals surface area contributed by atoms with Crippen LogP contribution in [0.15, 0.2) is 30.3 Å². The van der Waals surface area contributed by atoms with Gasteiger partial charge in [0.25, 0.3) is 0 Å². The Morgan fingerprint density at radius 1 is 1.25 bits per heavy atom. The molecule has 0 heterocycles. The van der Waals surface area contributed by atoms with Gasteiger partial charge in [-0.25, -0.2) is 4.79 Å². The summed E-state index contributed by atoms with van der Waals surface area (Å²) in [5.74, 6) is -1.23. The number of carboxylic acids is 1. The molecule has 2 N–H and O–H groups in total. The normalized spacial score (nSPS) is 11.4. The fourth-order valence-corrected chi connectivity index (χ4v) is 0.778. The Kier molecular flexibility index (Phi) is 4.59. The quantitative estimate of drug-likeness (QED) is 0.718. The third-order valence-electron chi connectivity index (χ3n) is 1.35.